The van der Waals surface area contributed by atoms with E-state index in [-0.39, 0.29) is 0 Å². The molecule has 0 radical (unpaired) electrons. The summed E-state index contributed by atoms with van der Waals surface area (Å²) in [6.45, 7) is 8.37. The normalized spacial score (nSPS) is 11.0. The van der Waals surface area contributed by atoms with Gasteiger partial charge in [0.2, 0.25) is 0 Å². The SMILES string of the molecule is C/C=C\CC.CCc1cn[nH]c1-c1nc2ccc(-c3ccc(C)cc3)cc2[nH]1. The van der Waals surface area contributed by atoms with E-state index in [1.165, 1.54) is 22.3 Å². The molecule has 0 saturated heterocycles. The van der Waals surface area contributed by atoms with E-state index < -0.39 is 0 Å². The van der Waals surface area contributed by atoms with E-state index in [0.29, 0.717) is 0 Å². The van der Waals surface area contributed by atoms with Gasteiger partial charge in [0, 0.05) is 5.56 Å². The molecule has 4 rings (SSSR count). The van der Waals surface area contributed by atoms with Crippen LogP contribution in [0, 0.1) is 6.92 Å². The summed E-state index contributed by atoms with van der Waals surface area (Å²) < 4.78 is 0. The van der Waals surface area contributed by atoms with E-state index >= 15 is 0 Å². The zero-order chi connectivity index (χ0) is 19.9. The van der Waals surface area contributed by atoms with Gasteiger partial charge in [-0.3, -0.25) is 5.10 Å². The Morgan fingerprint density at radius 2 is 1.75 bits per heavy atom. The molecule has 2 N–H and O–H groups in total. The number of benzene rings is 2. The van der Waals surface area contributed by atoms with Gasteiger partial charge >= 0.3 is 0 Å². The number of aromatic nitrogens is 4. The Kier molecular flexibility index (Phi) is 6.43. The molecule has 0 bridgehead atoms. The topological polar surface area (TPSA) is 57.4 Å². The summed E-state index contributed by atoms with van der Waals surface area (Å²) in [5.74, 6) is 0.843. The molecule has 0 unspecified atom stereocenters. The van der Waals surface area contributed by atoms with Gasteiger partial charge in [0.15, 0.2) is 5.82 Å². The van der Waals surface area contributed by atoms with E-state index in [4.69, 9.17) is 0 Å². The molecule has 0 fully saturated rings. The van der Waals surface area contributed by atoms with Crippen LogP contribution >= 0.6 is 0 Å². The summed E-state index contributed by atoms with van der Waals surface area (Å²) in [5, 5.41) is 7.17. The standard InChI is InChI=1S/C19H18N4.C5H10/c1-3-13-11-20-23-18(13)19-21-16-9-8-15(10-17(16)22-19)14-6-4-12(2)5-7-14;1-3-5-4-2/h4-11H,3H2,1-2H3,(H,20,23)(H,21,22);3,5H,4H2,1-2H3/b;5-3-. The summed E-state index contributed by atoms with van der Waals surface area (Å²) in [7, 11) is 0. The van der Waals surface area contributed by atoms with Gasteiger partial charge in [0.25, 0.3) is 0 Å². The number of imidazole rings is 1. The molecule has 2 heterocycles. The zero-order valence-corrected chi connectivity index (χ0v) is 17.1. The number of aromatic amines is 2. The van der Waals surface area contributed by atoms with Crippen molar-refractivity contribution in [3.8, 4) is 22.6 Å². The van der Waals surface area contributed by atoms with Crippen molar-refractivity contribution in [3.05, 3.63) is 71.9 Å². The second-order valence-corrected chi connectivity index (χ2v) is 6.78. The van der Waals surface area contributed by atoms with E-state index in [2.05, 4.69) is 95.6 Å². The predicted octanol–water partition coefficient (Wildman–Crippen LogP) is 6.46. The highest BCUT2D eigenvalue weighted by atomic mass is 15.1. The molecule has 2 aromatic heterocycles. The molecule has 4 heteroatoms. The molecule has 0 amide bonds. The lowest BCUT2D eigenvalue weighted by Gasteiger charge is -2.02. The molecule has 4 nitrogen and oxygen atoms in total. The van der Waals surface area contributed by atoms with Crippen LogP contribution in [0.4, 0.5) is 0 Å². The minimum atomic E-state index is 0.843. The van der Waals surface area contributed by atoms with Gasteiger partial charge in [-0.25, -0.2) is 4.98 Å². The molecule has 0 aliphatic heterocycles. The molecule has 0 aliphatic carbocycles. The fourth-order valence-electron chi connectivity index (χ4n) is 3.07. The molecular weight excluding hydrogens is 344 g/mol. The third-order valence-electron chi connectivity index (χ3n) is 4.67. The number of nitrogens with one attached hydrogen (secondary N) is 2. The van der Waals surface area contributed by atoms with E-state index in [0.717, 1.165) is 35.4 Å². The molecule has 4 aromatic rings. The van der Waals surface area contributed by atoms with Crippen molar-refractivity contribution in [2.75, 3.05) is 0 Å². The average molecular weight is 373 g/mol. The number of rotatable bonds is 4. The molecular formula is C24H28N4. The number of aryl methyl sites for hydroxylation is 2. The van der Waals surface area contributed by atoms with Crippen molar-refractivity contribution in [1.82, 2.24) is 20.2 Å². The van der Waals surface area contributed by atoms with E-state index in [1.54, 1.807) is 0 Å². The van der Waals surface area contributed by atoms with Gasteiger partial charge in [-0.1, -0.05) is 61.9 Å². The molecule has 0 saturated carbocycles. The minimum Gasteiger partial charge on any atom is -0.337 e. The van der Waals surface area contributed by atoms with Crippen molar-refractivity contribution < 1.29 is 0 Å². The van der Waals surface area contributed by atoms with Crippen LogP contribution in [0.2, 0.25) is 0 Å². The third-order valence-corrected chi connectivity index (χ3v) is 4.67. The number of H-pyrrole nitrogens is 2. The molecule has 0 spiro atoms. The number of allylic oxidation sites excluding steroid dienone is 2. The monoisotopic (exact) mass is 372 g/mol. The minimum absolute atomic E-state index is 0.843. The van der Waals surface area contributed by atoms with Gasteiger partial charge in [-0.05, 0) is 49.9 Å². The second-order valence-electron chi connectivity index (χ2n) is 6.78. The third kappa shape index (κ3) is 4.39. The summed E-state index contributed by atoms with van der Waals surface area (Å²) >= 11 is 0. The molecule has 0 aliphatic rings. The lowest BCUT2D eigenvalue weighted by molar-refractivity contribution is 1.08. The average Bonchev–Trinajstić information content (AvgIpc) is 3.35. The van der Waals surface area contributed by atoms with Crippen molar-refractivity contribution in [2.45, 2.75) is 40.5 Å². The summed E-state index contributed by atoms with van der Waals surface area (Å²) in [4.78, 5) is 8.10. The van der Waals surface area contributed by atoms with Crippen molar-refractivity contribution in [3.63, 3.8) is 0 Å². The highest BCUT2D eigenvalue weighted by Gasteiger charge is 2.11. The molecule has 2 aromatic carbocycles. The van der Waals surface area contributed by atoms with E-state index in [9.17, 15) is 0 Å². The Morgan fingerprint density at radius 3 is 2.39 bits per heavy atom. The van der Waals surface area contributed by atoms with Crippen LogP contribution in [-0.2, 0) is 6.42 Å². The Bertz CT molecular complexity index is 1050. The van der Waals surface area contributed by atoms with Gasteiger partial charge in [0.1, 0.15) is 5.69 Å². The number of nitrogens with zero attached hydrogens (tertiary/aromatic N) is 2. The van der Waals surface area contributed by atoms with Gasteiger partial charge < -0.3 is 4.98 Å². The highest BCUT2D eigenvalue weighted by Crippen LogP contribution is 2.26. The largest absolute Gasteiger partial charge is 0.337 e. The quantitative estimate of drug-likeness (QED) is 0.404. The Balaban J connectivity index is 0.000000403. The maximum atomic E-state index is 4.69. The van der Waals surface area contributed by atoms with Crippen molar-refractivity contribution in [1.29, 1.82) is 0 Å². The fraction of sp³-hybridized carbons (Fsp3) is 0.250. The van der Waals surface area contributed by atoms with Crippen LogP contribution in [0.25, 0.3) is 33.7 Å². The van der Waals surface area contributed by atoms with Crippen LogP contribution in [0.15, 0.2) is 60.8 Å². The predicted molar refractivity (Wildman–Crippen MR) is 118 cm³/mol. The van der Waals surface area contributed by atoms with Crippen LogP contribution in [0.5, 0.6) is 0 Å². The van der Waals surface area contributed by atoms with Crippen molar-refractivity contribution in [2.24, 2.45) is 0 Å². The maximum absolute atomic E-state index is 4.69. The smallest absolute Gasteiger partial charge is 0.156 e. The lowest BCUT2D eigenvalue weighted by Crippen LogP contribution is -1.86. The first kappa shape index (κ1) is 19.6. The summed E-state index contributed by atoms with van der Waals surface area (Å²) in [6.07, 6.45) is 8.13. The van der Waals surface area contributed by atoms with Crippen LogP contribution < -0.4 is 0 Å². The Labute approximate surface area is 166 Å². The van der Waals surface area contributed by atoms with Crippen molar-refractivity contribution >= 4 is 11.0 Å². The first-order valence-corrected chi connectivity index (χ1v) is 9.86. The molecule has 28 heavy (non-hydrogen) atoms. The molecule has 144 valence electrons. The van der Waals surface area contributed by atoms with Crippen LogP contribution in [0.3, 0.4) is 0 Å². The Hall–Kier alpha value is -3.14. The fourth-order valence-corrected chi connectivity index (χ4v) is 3.07. The Morgan fingerprint density at radius 1 is 1.00 bits per heavy atom. The second kappa shape index (κ2) is 9.18. The first-order valence-electron chi connectivity index (χ1n) is 9.86. The lowest BCUT2D eigenvalue weighted by atomic mass is 10.0. The molecule has 0 atom stereocenters. The van der Waals surface area contributed by atoms with Gasteiger partial charge in [0.05, 0.1) is 17.2 Å². The number of fused-ring (bicyclic) bond motifs is 1. The number of hydrogen-bond acceptors (Lipinski definition) is 2. The summed E-state index contributed by atoms with van der Waals surface area (Å²) in [6, 6.07) is 14.9. The summed E-state index contributed by atoms with van der Waals surface area (Å²) in [5.41, 5.74) is 7.81. The maximum Gasteiger partial charge on any atom is 0.156 e. The van der Waals surface area contributed by atoms with Crippen LogP contribution in [0.1, 0.15) is 38.3 Å². The zero-order valence-electron chi connectivity index (χ0n) is 17.1. The van der Waals surface area contributed by atoms with Crippen LogP contribution in [-0.4, -0.2) is 20.2 Å². The first-order chi connectivity index (χ1) is 13.7. The van der Waals surface area contributed by atoms with E-state index in [1.807, 2.05) is 13.1 Å². The highest BCUT2D eigenvalue weighted by molar-refractivity contribution is 5.84. The van der Waals surface area contributed by atoms with Gasteiger partial charge in [-0.15, -0.1) is 0 Å². The number of hydrogen-bond donors (Lipinski definition) is 2. The van der Waals surface area contributed by atoms with Gasteiger partial charge in [-0.2, -0.15) is 5.10 Å².